The van der Waals surface area contributed by atoms with Gasteiger partial charge in [0.2, 0.25) is 0 Å². The molecule has 5 heteroatoms. The topological polar surface area (TPSA) is 38.3 Å². The van der Waals surface area contributed by atoms with Gasteiger partial charge in [-0.25, -0.2) is 0 Å². The summed E-state index contributed by atoms with van der Waals surface area (Å²) in [6, 6.07) is 11.2. The summed E-state index contributed by atoms with van der Waals surface area (Å²) in [6.07, 6.45) is 0.892. The zero-order chi connectivity index (χ0) is 16.1. The van der Waals surface area contributed by atoms with Crippen molar-refractivity contribution in [2.75, 3.05) is 11.9 Å². The molecule has 0 atom stereocenters. The first-order valence-corrected chi connectivity index (χ1v) is 8.59. The highest BCUT2D eigenvalue weighted by atomic mass is 79.9. The van der Waals surface area contributed by atoms with Crippen LogP contribution in [0.25, 0.3) is 0 Å². The van der Waals surface area contributed by atoms with E-state index in [0.29, 0.717) is 17.9 Å². The summed E-state index contributed by atoms with van der Waals surface area (Å²) in [7, 11) is 0. The highest BCUT2D eigenvalue weighted by molar-refractivity contribution is 9.10. The van der Waals surface area contributed by atoms with E-state index >= 15 is 0 Å². The molecule has 2 rings (SSSR count). The predicted octanol–water partition coefficient (Wildman–Crippen LogP) is 5.56. The number of hydrogen-bond acceptors (Lipinski definition) is 2. The van der Waals surface area contributed by atoms with E-state index in [1.807, 2.05) is 44.2 Å². The Kier molecular flexibility index (Phi) is 6.03. The Balaban J connectivity index is 2.26. The largest absolute Gasteiger partial charge is 0.493 e. The van der Waals surface area contributed by atoms with Crippen LogP contribution in [0.2, 0.25) is 0 Å². The average Bonchev–Trinajstić information content (AvgIpc) is 2.48. The molecule has 0 aliphatic heterocycles. The molecule has 0 heterocycles. The SMILES string of the molecule is CCCOc1ccc(Br)cc1C(=O)Nc1ccc(Br)cc1C. The molecule has 0 unspecified atom stereocenters. The fraction of sp³-hybridized carbons (Fsp3) is 0.235. The minimum absolute atomic E-state index is 0.183. The van der Waals surface area contributed by atoms with E-state index in [-0.39, 0.29) is 5.91 Å². The highest BCUT2D eigenvalue weighted by Gasteiger charge is 2.14. The molecule has 0 spiro atoms. The molecule has 0 aliphatic rings. The van der Waals surface area contributed by atoms with Gasteiger partial charge in [-0.2, -0.15) is 0 Å². The third kappa shape index (κ3) is 4.34. The number of benzene rings is 2. The maximum absolute atomic E-state index is 12.6. The molecule has 22 heavy (non-hydrogen) atoms. The second kappa shape index (κ2) is 7.79. The first-order chi connectivity index (χ1) is 10.5. The molecule has 0 bridgehead atoms. The lowest BCUT2D eigenvalue weighted by Gasteiger charge is -2.13. The van der Waals surface area contributed by atoms with Gasteiger partial charge >= 0.3 is 0 Å². The van der Waals surface area contributed by atoms with E-state index in [2.05, 4.69) is 37.2 Å². The Morgan fingerprint density at radius 3 is 2.50 bits per heavy atom. The van der Waals surface area contributed by atoms with Gasteiger partial charge in [-0.15, -0.1) is 0 Å². The molecule has 116 valence electrons. The van der Waals surface area contributed by atoms with Gasteiger partial charge in [0.15, 0.2) is 0 Å². The summed E-state index contributed by atoms with van der Waals surface area (Å²) < 4.78 is 7.49. The van der Waals surface area contributed by atoms with Crippen molar-refractivity contribution in [1.82, 2.24) is 0 Å². The third-order valence-electron chi connectivity index (χ3n) is 3.08. The Bertz CT molecular complexity index is 686. The summed E-state index contributed by atoms with van der Waals surface area (Å²) >= 11 is 6.82. The van der Waals surface area contributed by atoms with Gasteiger partial charge < -0.3 is 10.1 Å². The van der Waals surface area contributed by atoms with Crippen molar-refractivity contribution in [1.29, 1.82) is 0 Å². The molecule has 0 saturated carbocycles. The van der Waals surface area contributed by atoms with Crippen LogP contribution in [-0.2, 0) is 0 Å². The maximum Gasteiger partial charge on any atom is 0.259 e. The van der Waals surface area contributed by atoms with Crippen LogP contribution < -0.4 is 10.1 Å². The van der Waals surface area contributed by atoms with E-state index in [1.54, 1.807) is 6.07 Å². The normalized spacial score (nSPS) is 10.4. The quantitative estimate of drug-likeness (QED) is 0.679. The molecule has 1 N–H and O–H groups in total. The van der Waals surface area contributed by atoms with Crippen LogP contribution in [0.1, 0.15) is 29.3 Å². The van der Waals surface area contributed by atoms with Gasteiger partial charge in [-0.1, -0.05) is 38.8 Å². The van der Waals surface area contributed by atoms with E-state index < -0.39 is 0 Å². The van der Waals surface area contributed by atoms with E-state index in [4.69, 9.17) is 4.74 Å². The predicted molar refractivity (Wildman–Crippen MR) is 96.8 cm³/mol. The Labute approximate surface area is 147 Å². The standard InChI is InChI=1S/C17H17Br2NO2/c1-3-8-22-16-7-5-13(19)10-14(16)17(21)20-15-6-4-12(18)9-11(15)2/h4-7,9-10H,3,8H2,1-2H3,(H,20,21). The second-order valence-corrected chi connectivity index (χ2v) is 6.73. The number of carbonyl (C=O) groups excluding carboxylic acids is 1. The number of aryl methyl sites for hydroxylation is 1. The maximum atomic E-state index is 12.6. The summed E-state index contributed by atoms with van der Waals surface area (Å²) in [5.74, 6) is 0.412. The molecule has 0 aromatic heterocycles. The van der Waals surface area contributed by atoms with Crippen molar-refractivity contribution in [2.45, 2.75) is 20.3 Å². The average molecular weight is 427 g/mol. The van der Waals surface area contributed by atoms with Crippen molar-refractivity contribution < 1.29 is 9.53 Å². The number of nitrogens with one attached hydrogen (secondary N) is 1. The van der Waals surface area contributed by atoms with E-state index in [0.717, 1.165) is 26.6 Å². The first kappa shape index (κ1) is 17.0. The molecule has 0 aliphatic carbocycles. The zero-order valence-corrected chi connectivity index (χ0v) is 15.6. The van der Waals surface area contributed by atoms with Crippen molar-refractivity contribution >= 4 is 43.5 Å². The van der Waals surface area contributed by atoms with Gasteiger partial charge in [0, 0.05) is 14.6 Å². The summed E-state index contributed by atoms with van der Waals surface area (Å²) in [6.45, 7) is 4.57. The van der Waals surface area contributed by atoms with Crippen molar-refractivity contribution in [3.8, 4) is 5.75 Å². The summed E-state index contributed by atoms with van der Waals surface area (Å²) in [4.78, 5) is 12.6. The van der Waals surface area contributed by atoms with Crippen LogP contribution in [0.15, 0.2) is 45.3 Å². The van der Waals surface area contributed by atoms with Crippen LogP contribution in [0.4, 0.5) is 5.69 Å². The van der Waals surface area contributed by atoms with Crippen molar-refractivity contribution in [2.24, 2.45) is 0 Å². The fourth-order valence-corrected chi connectivity index (χ4v) is 2.81. The number of anilines is 1. The monoisotopic (exact) mass is 425 g/mol. The van der Waals surface area contributed by atoms with Gasteiger partial charge in [0.05, 0.1) is 12.2 Å². The van der Waals surface area contributed by atoms with Crippen molar-refractivity contribution in [3.05, 3.63) is 56.5 Å². The minimum atomic E-state index is -0.183. The lowest BCUT2D eigenvalue weighted by molar-refractivity contribution is 0.102. The minimum Gasteiger partial charge on any atom is -0.493 e. The van der Waals surface area contributed by atoms with Crippen LogP contribution >= 0.6 is 31.9 Å². The van der Waals surface area contributed by atoms with Crippen LogP contribution in [0.3, 0.4) is 0 Å². The number of ether oxygens (including phenoxy) is 1. The first-order valence-electron chi connectivity index (χ1n) is 7.01. The lowest BCUT2D eigenvalue weighted by atomic mass is 10.1. The van der Waals surface area contributed by atoms with Gasteiger partial charge in [0.1, 0.15) is 5.75 Å². The number of carbonyl (C=O) groups is 1. The fourth-order valence-electron chi connectivity index (χ4n) is 1.97. The van der Waals surface area contributed by atoms with Gasteiger partial charge in [-0.3, -0.25) is 4.79 Å². The van der Waals surface area contributed by atoms with E-state index in [1.165, 1.54) is 0 Å². The molecular weight excluding hydrogens is 410 g/mol. The summed E-state index contributed by atoms with van der Waals surface area (Å²) in [5, 5.41) is 2.94. The Morgan fingerprint density at radius 2 is 1.82 bits per heavy atom. The Hall–Kier alpha value is -1.33. The van der Waals surface area contributed by atoms with Crippen LogP contribution in [-0.4, -0.2) is 12.5 Å². The number of rotatable bonds is 5. The van der Waals surface area contributed by atoms with Crippen LogP contribution in [0.5, 0.6) is 5.75 Å². The highest BCUT2D eigenvalue weighted by Crippen LogP contribution is 2.26. The van der Waals surface area contributed by atoms with Crippen molar-refractivity contribution in [3.63, 3.8) is 0 Å². The molecule has 0 saturated heterocycles. The zero-order valence-electron chi connectivity index (χ0n) is 12.5. The third-order valence-corrected chi connectivity index (χ3v) is 4.07. The molecular formula is C17H17Br2NO2. The molecule has 2 aromatic rings. The number of hydrogen-bond donors (Lipinski definition) is 1. The number of halogens is 2. The molecule has 0 radical (unpaired) electrons. The smallest absolute Gasteiger partial charge is 0.259 e. The molecule has 0 fully saturated rings. The lowest BCUT2D eigenvalue weighted by Crippen LogP contribution is -2.14. The Morgan fingerprint density at radius 1 is 1.14 bits per heavy atom. The summed E-state index contributed by atoms with van der Waals surface area (Å²) in [5.41, 5.74) is 2.30. The van der Waals surface area contributed by atoms with E-state index in [9.17, 15) is 4.79 Å². The van der Waals surface area contributed by atoms with Crippen LogP contribution in [0, 0.1) is 6.92 Å². The molecule has 2 aromatic carbocycles. The van der Waals surface area contributed by atoms with Gasteiger partial charge in [-0.05, 0) is 55.3 Å². The second-order valence-electron chi connectivity index (χ2n) is 4.90. The molecule has 3 nitrogen and oxygen atoms in total. The number of amides is 1. The molecule has 1 amide bonds. The van der Waals surface area contributed by atoms with Gasteiger partial charge in [0.25, 0.3) is 5.91 Å².